The number of alkyl halides is 3. The molecular formula is C21H12F3NO. The molecule has 1 aromatic carbocycles. The number of fused-ring (bicyclic) bond motifs is 5. The van der Waals surface area contributed by atoms with Crippen LogP contribution in [-0.2, 0) is 6.18 Å². The lowest BCUT2D eigenvalue weighted by Gasteiger charge is -2.08. The van der Waals surface area contributed by atoms with Crippen molar-refractivity contribution < 1.29 is 13.2 Å². The number of halogens is 3. The summed E-state index contributed by atoms with van der Waals surface area (Å²) in [4.78, 5) is 12.4. The summed E-state index contributed by atoms with van der Waals surface area (Å²) < 4.78 is 41.8. The van der Waals surface area contributed by atoms with Crippen LogP contribution in [0.25, 0.3) is 38.3 Å². The highest BCUT2D eigenvalue weighted by molar-refractivity contribution is 6.17. The Kier molecular flexibility index (Phi) is 2.78. The first-order valence-corrected chi connectivity index (χ1v) is 8.16. The van der Waals surface area contributed by atoms with Crippen LogP contribution in [-0.4, -0.2) is 4.40 Å². The standard InChI is InChI=1S/C21H12F3NO/c1-11-9-13(21(22,23)24)10-16-14-6-5-12-3-2-4-17(26)18(12)15-7-8-25(19(11)16)20(14)15/h2-10H,1H3. The number of rotatable bonds is 0. The molecule has 128 valence electrons. The maximum Gasteiger partial charge on any atom is 0.416 e. The Morgan fingerprint density at radius 1 is 0.885 bits per heavy atom. The second-order valence-electron chi connectivity index (χ2n) is 6.60. The van der Waals surface area contributed by atoms with E-state index in [1.165, 1.54) is 18.2 Å². The van der Waals surface area contributed by atoms with Crippen molar-refractivity contribution in [2.75, 3.05) is 0 Å². The van der Waals surface area contributed by atoms with Crippen molar-refractivity contribution in [3.05, 3.63) is 76.1 Å². The summed E-state index contributed by atoms with van der Waals surface area (Å²) in [6.45, 7) is 1.68. The third-order valence-electron chi connectivity index (χ3n) is 5.06. The van der Waals surface area contributed by atoms with Gasteiger partial charge in [0, 0.05) is 27.9 Å². The lowest BCUT2D eigenvalue weighted by Crippen LogP contribution is -2.05. The van der Waals surface area contributed by atoms with E-state index in [1.54, 1.807) is 19.1 Å². The Morgan fingerprint density at radius 2 is 1.69 bits per heavy atom. The summed E-state index contributed by atoms with van der Waals surface area (Å²) in [6.07, 6.45) is -2.58. The minimum absolute atomic E-state index is 0.0916. The van der Waals surface area contributed by atoms with Crippen molar-refractivity contribution in [1.82, 2.24) is 4.40 Å². The van der Waals surface area contributed by atoms with Gasteiger partial charge in [0.1, 0.15) is 0 Å². The lowest BCUT2D eigenvalue weighted by molar-refractivity contribution is -0.137. The zero-order valence-electron chi connectivity index (χ0n) is 13.7. The van der Waals surface area contributed by atoms with E-state index in [0.717, 1.165) is 22.0 Å². The fourth-order valence-electron chi connectivity index (χ4n) is 4.01. The van der Waals surface area contributed by atoms with Crippen molar-refractivity contribution in [3.8, 4) is 11.1 Å². The maximum absolute atomic E-state index is 13.3. The summed E-state index contributed by atoms with van der Waals surface area (Å²) in [5.41, 5.74) is 2.69. The minimum atomic E-state index is -4.40. The summed E-state index contributed by atoms with van der Waals surface area (Å²) in [7, 11) is 0. The van der Waals surface area contributed by atoms with Crippen LogP contribution < -0.4 is 5.43 Å². The number of benzene rings is 2. The normalized spacial score (nSPS) is 12.8. The molecule has 0 aliphatic heterocycles. The molecule has 26 heavy (non-hydrogen) atoms. The van der Waals surface area contributed by atoms with Crippen molar-refractivity contribution in [3.63, 3.8) is 0 Å². The van der Waals surface area contributed by atoms with Gasteiger partial charge in [-0.1, -0.05) is 24.3 Å². The highest BCUT2D eigenvalue weighted by Crippen LogP contribution is 2.40. The van der Waals surface area contributed by atoms with Gasteiger partial charge in [0.05, 0.1) is 16.6 Å². The van der Waals surface area contributed by atoms with Gasteiger partial charge in [-0.25, -0.2) is 0 Å². The van der Waals surface area contributed by atoms with Gasteiger partial charge in [-0.3, -0.25) is 4.79 Å². The number of nitrogens with zero attached hydrogens (tertiary/aromatic N) is 1. The molecule has 2 heterocycles. The molecule has 2 aromatic heterocycles. The molecule has 0 radical (unpaired) electrons. The fraction of sp³-hybridized carbons (Fsp3) is 0.0952. The summed E-state index contributed by atoms with van der Waals surface area (Å²) in [5.74, 6) is 0. The van der Waals surface area contributed by atoms with Crippen LogP contribution in [0.4, 0.5) is 13.2 Å². The molecule has 2 aliphatic carbocycles. The number of aryl methyl sites for hydroxylation is 1. The monoisotopic (exact) mass is 351 g/mol. The van der Waals surface area contributed by atoms with E-state index in [2.05, 4.69) is 0 Å². The average molecular weight is 351 g/mol. The van der Waals surface area contributed by atoms with Crippen molar-refractivity contribution >= 4 is 27.2 Å². The van der Waals surface area contributed by atoms with Crippen LogP contribution in [0.2, 0.25) is 0 Å². The Balaban J connectivity index is 2.08. The third-order valence-corrected chi connectivity index (χ3v) is 5.06. The first-order chi connectivity index (χ1) is 12.4. The third kappa shape index (κ3) is 1.85. The highest BCUT2D eigenvalue weighted by atomic mass is 19.4. The van der Waals surface area contributed by atoms with Crippen LogP contribution >= 0.6 is 0 Å². The zero-order valence-corrected chi connectivity index (χ0v) is 13.7. The largest absolute Gasteiger partial charge is 0.416 e. The Labute approximate surface area is 145 Å². The van der Waals surface area contributed by atoms with E-state index in [4.69, 9.17) is 0 Å². The predicted molar refractivity (Wildman–Crippen MR) is 96.2 cm³/mol. The van der Waals surface area contributed by atoms with Gasteiger partial charge in [0.15, 0.2) is 5.43 Å². The zero-order chi connectivity index (χ0) is 18.2. The highest BCUT2D eigenvalue weighted by Gasteiger charge is 2.32. The van der Waals surface area contributed by atoms with Gasteiger partial charge in [-0.2, -0.15) is 13.2 Å². The van der Waals surface area contributed by atoms with E-state index in [-0.39, 0.29) is 5.43 Å². The van der Waals surface area contributed by atoms with Crippen molar-refractivity contribution in [1.29, 1.82) is 0 Å². The van der Waals surface area contributed by atoms with Crippen molar-refractivity contribution in [2.45, 2.75) is 13.1 Å². The molecule has 3 aromatic rings. The summed E-state index contributed by atoms with van der Waals surface area (Å²) in [5, 5.41) is 2.02. The van der Waals surface area contributed by atoms with Crippen LogP contribution in [0.5, 0.6) is 0 Å². The molecule has 2 nitrogen and oxygen atoms in total. The SMILES string of the molecule is Cc1cc(C(F)(F)F)cc2c3ccc4cccc(=O)c-4c4ccn(c12)c43. The molecule has 0 atom stereocenters. The van der Waals surface area contributed by atoms with E-state index < -0.39 is 11.7 Å². The molecule has 2 aliphatic rings. The van der Waals surface area contributed by atoms with Crippen LogP contribution in [0.1, 0.15) is 11.1 Å². The molecule has 0 saturated heterocycles. The van der Waals surface area contributed by atoms with E-state index >= 15 is 0 Å². The van der Waals surface area contributed by atoms with Gasteiger partial charge in [-0.05, 0) is 42.3 Å². The maximum atomic E-state index is 13.3. The van der Waals surface area contributed by atoms with Gasteiger partial charge in [0.25, 0.3) is 0 Å². The van der Waals surface area contributed by atoms with Gasteiger partial charge in [0.2, 0.25) is 0 Å². The summed E-state index contributed by atoms with van der Waals surface area (Å²) >= 11 is 0. The summed E-state index contributed by atoms with van der Waals surface area (Å²) in [6, 6.07) is 12.9. The molecule has 0 spiro atoms. The lowest BCUT2D eigenvalue weighted by atomic mass is 10.0. The smallest absolute Gasteiger partial charge is 0.315 e. The fourth-order valence-corrected chi connectivity index (χ4v) is 4.01. The Morgan fingerprint density at radius 3 is 2.46 bits per heavy atom. The molecule has 5 rings (SSSR count). The van der Waals surface area contributed by atoms with Crippen LogP contribution in [0, 0.1) is 6.92 Å². The molecule has 0 N–H and O–H groups in total. The number of hydrogen-bond donors (Lipinski definition) is 0. The van der Waals surface area contributed by atoms with Crippen LogP contribution in [0.3, 0.4) is 0 Å². The van der Waals surface area contributed by atoms with Crippen LogP contribution in [0.15, 0.2) is 59.5 Å². The molecule has 0 amide bonds. The Bertz CT molecular complexity index is 1350. The van der Waals surface area contributed by atoms with E-state index in [9.17, 15) is 18.0 Å². The Hall–Kier alpha value is -3.08. The second-order valence-corrected chi connectivity index (χ2v) is 6.60. The molecule has 0 unspecified atom stereocenters. The first-order valence-electron chi connectivity index (χ1n) is 8.16. The second kappa shape index (κ2) is 4.75. The molecular weight excluding hydrogens is 339 g/mol. The van der Waals surface area contributed by atoms with E-state index in [0.29, 0.717) is 21.9 Å². The van der Waals surface area contributed by atoms with Gasteiger partial charge < -0.3 is 4.40 Å². The van der Waals surface area contributed by atoms with E-state index in [1.807, 2.05) is 28.8 Å². The quantitative estimate of drug-likeness (QED) is 0.362. The molecule has 0 bridgehead atoms. The minimum Gasteiger partial charge on any atom is -0.315 e. The number of hydrogen-bond acceptors (Lipinski definition) is 1. The first kappa shape index (κ1) is 15.2. The van der Waals surface area contributed by atoms with Gasteiger partial charge >= 0.3 is 6.18 Å². The predicted octanol–water partition coefficient (Wildman–Crippen LogP) is 5.48. The molecule has 5 heteroatoms. The molecule has 0 fully saturated rings. The number of aromatic nitrogens is 1. The van der Waals surface area contributed by atoms with Crippen molar-refractivity contribution in [2.24, 2.45) is 0 Å². The topological polar surface area (TPSA) is 21.5 Å². The van der Waals surface area contributed by atoms with Gasteiger partial charge in [-0.15, -0.1) is 0 Å². The average Bonchev–Trinajstić information content (AvgIpc) is 3.05. The molecule has 0 saturated carbocycles.